The smallest absolute Gasteiger partial charge is 0.225 e. The first-order valence-electron chi connectivity index (χ1n) is 10.3. The van der Waals surface area contributed by atoms with Crippen molar-refractivity contribution in [3.63, 3.8) is 0 Å². The number of benzene rings is 1. The zero-order valence-corrected chi connectivity index (χ0v) is 16.8. The van der Waals surface area contributed by atoms with Crippen molar-refractivity contribution < 1.29 is 9.53 Å². The van der Waals surface area contributed by atoms with Gasteiger partial charge in [0.05, 0.1) is 7.11 Å². The summed E-state index contributed by atoms with van der Waals surface area (Å²) in [7, 11) is 1.69. The average Bonchev–Trinajstić information content (AvgIpc) is 3.58. The molecule has 0 saturated heterocycles. The molecule has 0 aliphatic heterocycles. The van der Waals surface area contributed by atoms with Crippen LogP contribution >= 0.6 is 0 Å². The zero-order valence-electron chi connectivity index (χ0n) is 16.8. The lowest BCUT2D eigenvalue weighted by atomic mass is 10.1. The van der Waals surface area contributed by atoms with Crippen LogP contribution in [0, 0.1) is 5.92 Å². The van der Waals surface area contributed by atoms with Crippen molar-refractivity contribution in [2.75, 3.05) is 25.5 Å². The van der Waals surface area contributed by atoms with Crippen molar-refractivity contribution in [3.8, 4) is 5.75 Å². The number of aromatic nitrogens is 1. The molecule has 0 radical (unpaired) electrons. The SMILES string of the molecule is COc1ccccc1CN(CCCCCCNc1ccccn1)C(=O)C1CC1. The van der Waals surface area contributed by atoms with Gasteiger partial charge in [-0.1, -0.05) is 37.1 Å². The number of pyridine rings is 1. The van der Waals surface area contributed by atoms with Crippen LogP contribution < -0.4 is 10.1 Å². The van der Waals surface area contributed by atoms with Crippen LogP contribution in [0.2, 0.25) is 0 Å². The Balaban J connectivity index is 1.40. The van der Waals surface area contributed by atoms with Gasteiger partial charge in [-0.25, -0.2) is 4.98 Å². The maximum absolute atomic E-state index is 12.7. The quantitative estimate of drug-likeness (QED) is 0.550. The summed E-state index contributed by atoms with van der Waals surface area (Å²) in [5.74, 6) is 2.34. The molecule has 3 rings (SSSR count). The third kappa shape index (κ3) is 6.25. The van der Waals surface area contributed by atoms with Gasteiger partial charge >= 0.3 is 0 Å². The number of amides is 1. The second-order valence-corrected chi connectivity index (χ2v) is 7.40. The molecule has 28 heavy (non-hydrogen) atoms. The highest BCUT2D eigenvalue weighted by molar-refractivity contribution is 5.81. The number of carbonyl (C=O) groups excluding carboxylic acids is 1. The molecule has 150 valence electrons. The molecule has 5 nitrogen and oxygen atoms in total. The van der Waals surface area contributed by atoms with Crippen molar-refractivity contribution in [1.29, 1.82) is 0 Å². The Morgan fingerprint density at radius 1 is 1.11 bits per heavy atom. The Labute approximate surface area is 168 Å². The average molecular weight is 382 g/mol. The Hall–Kier alpha value is -2.56. The fourth-order valence-corrected chi connectivity index (χ4v) is 3.36. The predicted octanol–water partition coefficient (Wildman–Crippen LogP) is 4.50. The molecule has 1 heterocycles. The second-order valence-electron chi connectivity index (χ2n) is 7.40. The molecule has 0 unspecified atom stereocenters. The number of para-hydroxylation sites is 1. The van der Waals surface area contributed by atoms with Crippen LogP contribution in [0.4, 0.5) is 5.82 Å². The van der Waals surface area contributed by atoms with Crippen molar-refractivity contribution in [3.05, 3.63) is 54.2 Å². The van der Waals surface area contributed by atoms with Crippen molar-refractivity contribution in [2.24, 2.45) is 5.92 Å². The summed E-state index contributed by atoms with van der Waals surface area (Å²) >= 11 is 0. The molecule has 2 aromatic rings. The molecule has 1 saturated carbocycles. The monoisotopic (exact) mass is 381 g/mol. The maximum atomic E-state index is 12.7. The van der Waals surface area contributed by atoms with E-state index in [0.29, 0.717) is 12.5 Å². The van der Waals surface area contributed by atoms with Gasteiger partial charge in [0.15, 0.2) is 0 Å². The van der Waals surface area contributed by atoms with E-state index in [9.17, 15) is 4.79 Å². The van der Waals surface area contributed by atoms with Crippen LogP contribution in [0.15, 0.2) is 48.7 Å². The van der Waals surface area contributed by atoms with E-state index in [0.717, 1.165) is 68.7 Å². The third-order valence-electron chi connectivity index (χ3n) is 5.12. The Kier molecular flexibility index (Phi) is 7.71. The largest absolute Gasteiger partial charge is 0.496 e. The minimum Gasteiger partial charge on any atom is -0.496 e. The summed E-state index contributed by atoms with van der Waals surface area (Å²) in [6.45, 7) is 2.39. The molecule has 1 amide bonds. The van der Waals surface area contributed by atoms with E-state index >= 15 is 0 Å². The number of hydrogen-bond acceptors (Lipinski definition) is 4. The molecule has 1 aliphatic carbocycles. The molecule has 0 atom stereocenters. The standard InChI is InChI=1S/C23H31N3O2/c1-28-21-11-5-4-10-20(21)18-26(23(27)19-13-14-19)17-9-3-2-7-15-24-22-12-6-8-16-25-22/h4-6,8,10-12,16,19H,2-3,7,9,13-15,17-18H2,1H3,(H,24,25). The summed E-state index contributed by atoms with van der Waals surface area (Å²) in [6, 6.07) is 13.9. The van der Waals surface area contributed by atoms with Crippen LogP contribution in [-0.2, 0) is 11.3 Å². The van der Waals surface area contributed by atoms with Gasteiger partial charge in [-0.15, -0.1) is 0 Å². The van der Waals surface area contributed by atoms with Crippen molar-refractivity contribution in [2.45, 2.75) is 45.1 Å². The van der Waals surface area contributed by atoms with Crippen LogP contribution in [-0.4, -0.2) is 36.0 Å². The number of nitrogens with one attached hydrogen (secondary N) is 1. The van der Waals surface area contributed by atoms with E-state index in [1.165, 1.54) is 0 Å². The van der Waals surface area contributed by atoms with E-state index in [4.69, 9.17) is 4.74 Å². The lowest BCUT2D eigenvalue weighted by molar-refractivity contribution is -0.133. The normalized spacial score (nSPS) is 13.2. The Morgan fingerprint density at radius 3 is 2.64 bits per heavy atom. The Morgan fingerprint density at radius 2 is 1.89 bits per heavy atom. The van der Waals surface area contributed by atoms with Crippen LogP contribution in [0.1, 0.15) is 44.1 Å². The highest BCUT2D eigenvalue weighted by atomic mass is 16.5. The summed E-state index contributed by atoms with van der Waals surface area (Å²) in [4.78, 5) is 19.0. The number of carbonyl (C=O) groups is 1. The maximum Gasteiger partial charge on any atom is 0.225 e. The summed E-state index contributed by atoms with van der Waals surface area (Å²) in [5.41, 5.74) is 1.08. The highest BCUT2D eigenvalue weighted by Crippen LogP contribution is 2.32. The van der Waals surface area contributed by atoms with Crippen LogP contribution in [0.3, 0.4) is 0 Å². The number of ether oxygens (including phenoxy) is 1. The van der Waals surface area contributed by atoms with Crippen molar-refractivity contribution >= 4 is 11.7 Å². The first kappa shape index (κ1) is 20.2. The van der Waals surface area contributed by atoms with Gasteiger partial charge in [0.1, 0.15) is 11.6 Å². The van der Waals surface area contributed by atoms with Crippen LogP contribution in [0.25, 0.3) is 0 Å². The van der Waals surface area contributed by atoms with Gasteiger partial charge in [-0.05, 0) is 43.9 Å². The lowest BCUT2D eigenvalue weighted by Crippen LogP contribution is -2.32. The molecule has 1 aromatic carbocycles. The summed E-state index contributed by atoms with van der Waals surface area (Å²) in [5, 5.41) is 3.34. The fourth-order valence-electron chi connectivity index (χ4n) is 3.36. The van der Waals surface area contributed by atoms with Gasteiger partial charge in [-0.3, -0.25) is 4.79 Å². The molecular weight excluding hydrogens is 350 g/mol. The fraction of sp³-hybridized carbons (Fsp3) is 0.478. The lowest BCUT2D eigenvalue weighted by Gasteiger charge is -2.24. The third-order valence-corrected chi connectivity index (χ3v) is 5.12. The highest BCUT2D eigenvalue weighted by Gasteiger charge is 2.33. The number of anilines is 1. The zero-order chi connectivity index (χ0) is 19.6. The number of rotatable bonds is 12. The molecule has 1 N–H and O–H groups in total. The van der Waals surface area contributed by atoms with Gasteiger partial charge in [0.2, 0.25) is 5.91 Å². The second kappa shape index (κ2) is 10.7. The van der Waals surface area contributed by atoms with E-state index in [1.54, 1.807) is 13.3 Å². The molecule has 1 aliphatic rings. The molecule has 1 aromatic heterocycles. The van der Waals surface area contributed by atoms with E-state index in [-0.39, 0.29) is 5.92 Å². The summed E-state index contributed by atoms with van der Waals surface area (Å²) in [6.07, 6.45) is 8.32. The molecule has 0 bridgehead atoms. The first-order chi connectivity index (χ1) is 13.8. The molecule has 5 heteroatoms. The van der Waals surface area contributed by atoms with E-state index in [2.05, 4.69) is 16.4 Å². The molecule has 1 fully saturated rings. The van der Waals surface area contributed by atoms with Gasteiger partial charge < -0.3 is 15.0 Å². The van der Waals surface area contributed by atoms with Crippen molar-refractivity contribution in [1.82, 2.24) is 9.88 Å². The minimum absolute atomic E-state index is 0.247. The topological polar surface area (TPSA) is 54.5 Å². The number of nitrogens with zero attached hydrogens (tertiary/aromatic N) is 2. The number of methoxy groups -OCH3 is 1. The van der Waals surface area contributed by atoms with Gasteiger partial charge in [0.25, 0.3) is 0 Å². The molecular formula is C23H31N3O2. The Bertz CT molecular complexity index is 732. The van der Waals surface area contributed by atoms with E-state index in [1.807, 2.05) is 41.3 Å². The minimum atomic E-state index is 0.247. The van der Waals surface area contributed by atoms with Crippen LogP contribution in [0.5, 0.6) is 5.75 Å². The van der Waals surface area contributed by atoms with Gasteiger partial charge in [0, 0.05) is 37.3 Å². The molecule has 0 spiro atoms. The number of hydrogen-bond donors (Lipinski definition) is 1. The first-order valence-corrected chi connectivity index (χ1v) is 10.3. The van der Waals surface area contributed by atoms with E-state index < -0.39 is 0 Å². The number of unbranched alkanes of at least 4 members (excludes halogenated alkanes) is 3. The van der Waals surface area contributed by atoms with Gasteiger partial charge in [-0.2, -0.15) is 0 Å². The predicted molar refractivity (Wildman–Crippen MR) is 112 cm³/mol. The summed E-state index contributed by atoms with van der Waals surface area (Å²) < 4.78 is 5.46.